The van der Waals surface area contributed by atoms with Gasteiger partial charge in [-0.15, -0.1) is 0 Å². The first kappa shape index (κ1) is 14.8. The van der Waals surface area contributed by atoms with Crippen LogP contribution in [0.15, 0.2) is 52.0 Å². The van der Waals surface area contributed by atoms with Crippen LogP contribution in [0.5, 0.6) is 0 Å². The smallest absolute Gasteiger partial charge is 0.242 e. The molecule has 0 unspecified atom stereocenters. The first-order valence-corrected chi connectivity index (χ1v) is 7.69. The molecule has 0 spiro atoms. The van der Waals surface area contributed by atoms with Gasteiger partial charge in [-0.1, -0.05) is 12.1 Å². The molecule has 6 heteroatoms. The molecule has 20 heavy (non-hydrogen) atoms. The molecule has 0 aliphatic heterocycles. The quantitative estimate of drug-likeness (QED) is 0.882. The summed E-state index contributed by atoms with van der Waals surface area (Å²) < 4.78 is 30.5. The largest absolute Gasteiger partial charge is 0.468 e. The summed E-state index contributed by atoms with van der Waals surface area (Å²) >= 11 is 0. The summed E-state index contributed by atoms with van der Waals surface area (Å²) in [6, 6.07) is 10.7. The maximum atomic E-state index is 12.0. The Bertz CT molecular complexity index is 649. The molecule has 0 saturated carbocycles. The van der Waals surface area contributed by atoms with Crippen LogP contribution in [0, 0.1) is 0 Å². The van der Waals surface area contributed by atoms with Gasteiger partial charge in [0.15, 0.2) is 0 Å². The lowest BCUT2D eigenvalue weighted by Crippen LogP contribution is -2.22. The van der Waals surface area contributed by atoms with Gasteiger partial charge in [0.05, 0.1) is 17.7 Å². The van der Waals surface area contributed by atoms with Crippen LogP contribution in [0.4, 0.5) is 0 Å². The summed E-state index contributed by atoms with van der Waals surface area (Å²) in [4.78, 5) is 0.305. The molecule has 0 radical (unpaired) electrons. The topological polar surface area (TPSA) is 62.6 Å². The molecule has 2 aromatic rings. The minimum atomic E-state index is -3.38. The van der Waals surface area contributed by atoms with Crippen LogP contribution in [0.3, 0.4) is 0 Å². The van der Waals surface area contributed by atoms with Crippen molar-refractivity contribution in [2.45, 2.75) is 18.0 Å². The van der Waals surface area contributed by atoms with Crippen LogP contribution in [0.2, 0.25) is 0 Å². The highest BCUT2D eigenvalue weighted by molar-refractivity contribution is 7.89. The van der Waals surface area contributed by atoms with Crippen molar-refractivity contribution in [1.82, 2.24) is 9.62 Å². The van der Waals surface area contributed by atoms with Crippen LogP contribution in [-0.4, -0.2) is 26.8 Å². The van der Waals surface area contributed by atoms with E-state index < -0.39 is 10.0 Å². The molecule has 0 bridgehead atoms. The number of furan rings is 1. The molecule has 5 nitrogen and oxygen atoms in total. The second-order valence-corrected chi connectivity index (χ2v) is 6.77. The summed E-state index contributed by atoms with van der Waals surface area (Å²) in [5.41, 5.74) is 0.916. The van der Waals surface area contributed by atoms with Crippen molar-refractivity contribution < 1.29 is 12.8 Å². The third-order valence-corrected chi connectivity index (χ3v) is 4.70. The molecule has 1 N–H and O–H groups in total. The van der Waals surface area contributed by atoms with E-state index in [0.29, 0.717) is 18.0 Å². The second kappa shape index (κ2) is 6.21. The zero-order valence-corrected chi connectivity index (χ0v) is 12.4. The number of rotatable bonds is 6. The lowest BCUT2D eigenvalue weighted by Gasteiger charge is -2.12. The van der Waals surface area contributed by atoms with Crippen molar-refractivity contribution in [3.63, 3.8) is 0 Å². The van der Waals surface area contributed by atoms with Crippen molar-refractivity contribution in [3.8, 4) is 0 Å². The highest BCUT2D eigenvalue weighted by Gasteiger charge is 2.16. The van der Waals surface area contributed by atoms with E-state index in [2.05, 4.69) is 5.32 Å². The fourth-order valence-electron chi connectivity index (χ4n) is 1.77. The summed E-state index contributed by atoms with van der Waals surface area (Å²) in [5, 5.41) is 3.21. The Morgan fingerprint density at radius 1 is 1.15 bits per heavy atom. The molecule has 0 fully saturated rings. The molecule has 1 heterocycles. The first-order valence-electron chi connectivity index (χ1n) is 6.25. The van der Waals surface area contributed by atoms with Gasteiger partial charge in [0.1, 0.15) is 5.76 Å². The van der Waals surface area contributed by atoms with E-state index in [4.69, 9.17) is 4.42 Å². The lowest BCUT2D eigenvalue weighted by molar-refractivity contribution is 0.482. The minimum absolute atomic E-state index is 0.305. The van der Waals surface area contributed by atoms with E-state index in [-0.39, 0.29) is 0 Å². The number of benzene rings is 1. The lowest BCUT2D eigenvalue weighted by atomic mass is 10.2. The number of hydrogen-bond acceptors (Lipinski definition) is 4. The van der Waals surface area contributed by atoms with Gasteiger partial charge >= 0.3 is 0 Å². The average molecular weight is 294 g/mol. The molecule has 1 aromatic heterocycles. The number of sulfonamides is 1. The molecule has 0 atom stereocenters. The van der Waals surface area contributed by atoms with E-state index in [1.165, 1.54) is 18.4 Å². The van der Waals surface area contributed by atoms with Crippen molar-refractivity contribution in [2.75, 3.05) is 14.1 Å². The highest BCUT2D eigenvalue weighted by atomic mass is 32.2. The van der Waals surface area contributed by atoms with Crippen molar-refractivity contribution in [1.29, 1.82) is 0 Å². The van der Waals surface area contributed by atoms with Crippen molar-refractivity contribution in [3.05, 3.63) is 54.0 Å². The molecule has 0 aliphatic carbocycles. The van der Waals surface area contributed by atoms with Crippen LogP contribution in [0.25, 0.3) is 0 Å². The Kier molecular flexibility index (Phi) is 4.59. The monoisotopic (exact) mass is 294 g/mol. The number of nitrogens with one attached hydrogen (secondary N) is 1. The van der Waals surface area contributed by atoms with Gasteiger partial charge in [0.2, 0.25) is 10.0 Å². The molecular formula is C14H18N2O3S. The Morgan fingerprint density at radius 2 is 1.95 bits per heavy atom. The molecule has 0 saturated heterocycles. The van der Waals surface area contributed by atoms with Gasteiger partial charge in [0.25, 0.3) is 0 Å². The third kappa shape index (κ3) is 3.47. The molecule has 0 aliphatic rings. The Hall–Kier alpha value is -1.63. The predicted molar refractivity (Wildman–Crippen MR) is 76.6 cm³/mol. The van der Waals surface area contributed by atoms with Gasteiger partial charge in [-0.3, -0.25) is 0 Å². The standard InChI is InChI=1S/C14H18N2O3S/c1-16(2)20(17,18)14-7-3-5-12(9-14)10-15-11-13-6-4-8-19-13/h3-9,15H,10-11H2,1-2H3. The van der Waals surface area contributed by atoms with Crippen LogP contribution in [-0.2, 0) is 23.1 Å². The van der Waals surface area contributed by atoms with E-state index >= 15 is 0 Å². The Labute approximate surface area is 119 Å². The minimum Gasteiger partial charge on any atom is -0.468 e. The molecule has 2 rings (SSSR count). The SMILES string of the molecule is CN(C)S(=O)(=O)c1cccc(CNCc2ccco2)c1. The summed E-state index contributed by atoms with van der Waals surface area (Å²) in [6.07, 6.45) is 1.63. The van der Waals surface area contributed by atoms with Crippen molar-refractivity contribution in [2.24, 2.45) is 0 Å². The predicted octanol–water partition coefficient (Wildman–Crippen LogP) is 1.82. The van der Waals surface area contributed by atoms with Gasteiger partial charge in [-0.05, 0) is 29.8 Å². The highest BCUT2D eigenvalue weighted by Crippen LogP contribution is 2.14. The van der Waals surface area contributed by atoms with Crippen LogP contribution < -0.4 is 5.32 Å². The fraction of sp³-hybridized carbons (Fsp3) is 0.286. The maximum Gasteiger partial charge on any atom is 0.242 e. The Balaban J connectivity index is 2.03. The van der Waals surface area contributed by atoms with Gasteiger partial charge in [0, 0.05) is 20.6 Å². The van der Waals surface area contributed by atoms with Crippen LogP contribution >= 0.6 is 0 Å². The van der Waals surface area contributed by atoms with Crippen LogP contribution in [0.1, 0.15) is 11.3 Å². The van der Waals surface area contributed by atoms with Crippen molar-refractivity contribution >= 4 is 10.0 Å². The van der Waals surface area contributed by atoms with E-state index in [1.54, 1.807) is 24.5 Å². The molecular weight excluding hydrogens is 276 g/mol. The van der Waals surface area contributed by atoms with Gasteiger partial charge in [-0.25, -0.2) is 12.7 Å². The Morgan fingerprint density at radius 3 is 2.60 bits per heavy atom. The van der Waals surface area contributed by atoms with E-state index in [1.807, 2.05) is 18.2 Å². The van der Waals surface area contributed by atoms with E-state index in [0.717, 1.165) is 11.3 Å². The zero-order valence-electron chi connectivity index (χ0n) is 11.5. The maximum absolute atomic E-state index is 12.0. The van der Waals surface area contributed by atoms with Gasteiger partial charge < -0.3 is 9.73 Å². The number of hydrogen-bond donors (Lipinski definition) is 1. The third-order valence-electron chi connectivity index (χ3n) is 2.89. The summed E-state index contributed by atoms with van der Waals surface area (Å²) in [7, 11) is -0.331. The zero-order chi connectivity index (χ0) is 14.6. The summed E-state index contributed by atoms with van der Waals surface area (Å²) in [6.45, 7) is 1.19. The number of nitrogens with zero attached hydrogens (tertiary/aromatic N) is 1. The first-order chi connectivity index (χ1) is 9.50. The molecule has 1 aromatic carbocycles. The average Bonchev–Trinajstić information content (AvgIpc) is 2.92. The van der Waals surface area contributed by atoms with Gasteiger partial charge in [-0.2, -0.15) is 0 Å². The second-order valence-electron chi connectivity index (χ2n) is 4.62. The molecule has 0 amide bonds. The summed E-state index contributed by atoms with van der Waals surface area (Å²) in [5.74, 6) is 0.849. The van der Waals surface area contributed by atoms with E-state index in [9.17, 15) is 8.42 Å². The molecule has 108 valence electrons. The fourth-order valence-corrected chi connectivity index (χ4v) is 2.74. The normalized spacial score (nSPS) is 11.9.